The minimum Gasteiger partial charge on any atom is -0.422 e. The molecule has 0 unspecified atom stereocenters. The second-order valence-electron chi connectivity index (χ2n) is 5.06. The highest BCUT2D eigenvalue weighted by Crippen LogP contribution is 2.29. The van der Waals surface area contributed by atoms with Gasteiger partial charge in [0.25, 0.3) is 0 Å². The van der Waals surface area contributed by atoms with Gasteiger partial charge in [0.2, 0.25) is 0 Å². The van der Waals surface area contributed by atoms with E-state index in [-0.39, 0.29) is 0 Å². The SMILES string of the molecule is Cc1ccc(-c2ccsc2C(=O)Oc2cccc(C#N)c2)cc1. The quantitative estimate of drug-likeness (QED) is 0.514. The van der Waals surface area contributed by atoms with Crippen molar-refractivity contribution in [1.82, 2.24) is 0 Å². The highest BCUT2D eigenvalue weighted by Gasteiger charge is 2.17. The molecule has 3 aromatic rings. The smallest absolute Gasteiger partial charge is 0.354 e. The zero-order valence-corrected chi connectivity index (χ0v) is 13.3. The lowest BCUT2D eigenvalue weighted by molar-refractivity contribution is 0.0740. The van der Waals surface area contributed by atoms with E-state index in [9.17, 15) is 4.79 Å². The average Bonchev–Trinajstić information content (AvgIpc) is 3.05. The topological polar surface area (TPSA) is 50.1 Å². The van der Waals surface area contributed by atoms with E-state index in [0.717, 1.165) is 11.1 Å². The summed E-state index contributed by atoms with van der Waals surface area (Å²) in [7, 11) is 0. The first kappa shape index (κ1) is 15.0. The fourth-order valence-electron chi connectivity index (χ4n) is 2.21. The molecule has 0 aliphatic carbocycles. The van der Waals surface area contributed by atoms with Gasteiger partial charge >= 0.3 is 5.97 Å². The number of nitriles is 1. The number of aryl methyl sites for hydroxylation is 1. The van der Waals surface area contributed by atoms with Crippen LogP contribution < -0.4 is 4.74 Å². The number of thiophene rings is 1. The molecule has 0 atom stereocenters. The molecule has 1 aromatic heterocycles. The number of rotatable bonds is 3. The Hall–Kier alpha value is -2.90. The Kier molecular flexibility index (Phi) is 4.22. The maximum absolute atomic E-state index is 12.4. The molecule has 4 heteroatoms. The zero-order valence-electron chi connectivity index (χ0n) is 12.4. The van der Waals surface area contributed by atoms with Crippen LogP contribution in [0.15, 0.2) is 60.0 Å². The van der Waals surface area contributed by atoms with Gasteiger partial charge in [0.05, 0.1) is 11.6 Å². The number of hydrogen-bond acceptors (Lipinski definition) is 4. The van der Waals surface area contributed by atoms with E-state index < -0.39 is 5.97 Å². The first-order valence-corrected chi connectivity index (χ1v) is 7.92. The largest absolute Gasteiger partial charge is 0.422 e. The van der Waals surface area contributed by atoms with Crippen molar-refractivity contribution in [2.24, 2.45) is 0 Å². The van der Waals surface area contributed by atoms with Crippen LogP contribution in [0, 0.1) is 18.3 Å². The summed E-state index contributed by atoms with van der Waals surface area (Å²) >= 11 is 1.35. The lowest BCUT2D eigenvalue weighted by Gasteiger charge is -2.06. The normalized spacial score (nSPS) is 10.1. The van der Waals surface area contributed by atoms with Crippen molar-refractivity contribution in [2.45, 2.75) is 6.92 Å². The standard InChI is InChI=1S/C19H13NO2S/c1-13-5-7-15(8-6-13)17-9-10-23-18(17)19(21)22-16-4-2-3-14(11-16)12-20/h2-11H,1H3. The van der Waals surface area contributed by atoms with Crippen molar-refractivity contribution in [3.05, 3.63) is 76.0 Å². The monoisotopic (exact) mass is 319 g/mol. The van der Waals surface area contributed by atoms with Gasteiger partial charge < -0.3 is 4.74 Å². The molecule has 0 spiro atoms. The summed E-state index contributed by atoms with van der Waals surface area (Å²) in [4.78, 5) is 13.0. The molecule has 0 aliphatic rings. The van der Waals surface area contributed by atoms with Crippen LogP contribution in [0.3, 0.4) is 0 Å². The third kappa shape index (κ3) is 3.31. The Labute approximate surface area is 138 Å². The predicted molar refractivity (Wildman–Crippen MR) is 90.6 cm³/mol. The molecule has 3 rings (SSSR count). The summed E-state index contributed by atoms with van der Waals surface area (Å²) < 4.78 is 5.41. The number of ether oxygens (including phenoxy) is 1. The van der Waals surface area contributed by atoms with Crippen LogP contribution >= 0.6 is 11.3 Å². The highest BCUT2D eigenvalue weighted by atomic mass is 32.1. The van der Waals surface area contributed by atoms with Crippen molar-refractivity contribution >= 4 is 17.3 Å². The maximum atomic E-state index is 12.4. The van der Waals surface area contributed by atoms with E-state index in [4.69, 9.17) is 10.00 Å². The second kappa shape index (κ2) is 6.47. The van der Waals surface area contributed by atoms with Crippen molar-refractivity contribution in [3.8, 4) is 22.9 Å². The Balaban J connectivity index is 1.88. The van der Waals surface area contributed by atoms with Gasteiger partial charge in [0.1, 0.15) is 10.6 Å². The Bertz CT molecular complexity index is 888. The van der Waals surface area contributed by atoms with Crippen LogP contribution in [0.1, 0.15) is 20.8 Å². The van der Waals surface area contributed by atoms with Crippen molar-refractivity contribution < 1.29 is 9.53 Å². The van der Waals surface area contributed by atoms with Crippen LogP contribution in [-0.4, -0.2) is 5.97 Å². The van der Waals surface area contributed by atoms with E-state index in [2.05, 4.69) is 0 Å². The van der Waals surface area contributed by atoms with Gasteiger partial charge in [-0.15, -0.1) is 11.3 Å². The summed E-state index contributed by atoms with van der Waals surface area (Å²) in [5, 5.41) is 10.8. The molecule has 23 heavy (non-hydrogen) atoms. The van der Waals surface area contributed by atoms with Gasteiger partial charge in [0, 0.05) is 5.56 Å². The molecule has 0 saturated heterocycles. The molecule has 0 bridgehead atoms. The van der Waals surface area contributed by atoms with Crippen LogP contribution in [0.25, 0.3) is 11.1 Å². The summed E-state index contributed by atoms with van der Waals surface area (Å²) in [6.45, 7) is 2.02. The Morgan fingerprint density at radius 3 is 2.65 bits per heavy atom. The fraction of sp³-hybridized carbons (Fsp3) is 0.0526. The van der Waals surface area contributed by atoms with Gasteiger partial charge in [-0.05, 0) is 42.1 Å². The van der Waals surface area contributed by atoms with Gasteiger partial charge in [0.15, 0.2) is 0 Å². The van der Waals surface area contributed by atoms with Crippen LogP contribution in [0.4, 0.5) is 0 Å². The minimum atomic E-state index is -0.411. The molecule has 0 radical (unpaired) electrons. The molecule has 3 nitrogen and oxygen atoms in total. The molecule has 112 valence electrons. The molecular formula is C19H13NO2S. The molecule has 1 heterocycles. The van der Waals surface area contributed by atoms with E-state index in [1.165, 1.54) is 16.9 Å². The maximum Gasteiger partial charge on any atom is 0.354 e. The summed E-state index contributed by atoms with van der Waals surface area (Å²) in [6, 6.07) is 18.5. The first-order chi connectivity index (χ1) is 11.2. The molecule has 0 amide bonds. The van der Waals surface area contributed by atoms with Crippen molar-refractivity contribution in [2.75, 3.05) is 0 Å². The molecular weight excluding hydrogens is 306 g/mol. The third-order valence-corrected chi connectivity index (χ3v) is 4.28. The van der Waals surface area contributed by atoms with Gasteiger partial charge in [-0.25, -0.2) is 4.79 Å². The summed E-state index contributed by atoms with van der Waals surface area (Å²) in [5.41, 5.74) is 3.47. The van der Waals surface area contributed by atoms with Crippen LogP contribution in [-0.2, 0) is 0 Å². The number of carbonyl (C=O) groups excluding carboxylic acids is 1. The Morgan fingerprint density at radius 1 is 1.13 bits per heavy atom. The predicted octanol–water partition coefficient (Wildman–Crippen LogP) is 4.81. The lowest BCUT2D eigenvalue weighted by atomic mass is 10.1. The summed E-state index contributed by atoms with van der Waals surface area (Å²) in [6.07, 6.45) is 0. The highest BCUT2D eigenvalue weighted by molar-refractivity contribution is 7.12. The van der Waals surface area contributed by atoms with E-state index in [1.54, 1.807) is 24.3 Å². The number of esters is 1. The average molecular weight is 319 g/mol. The zero-order chi connectivity index (χ0) is 16.2. The lowest BCUT2D eigenvalue weighted by Crippen LogP contribution is -2.07. The molecule has 0 N–H and O–H groups in total. The fourth-order valence-corrected chi connectivity index (χ4v) is 3.00. The van der Waals surface area contributed by atoms with Crippen molar-refractivity contribution in [1.29, 1.82) is 5.26 Å². The number of hydrogen-bond donors (Lipinski definition) is 0. The minimum absolute atomic E-state index is 0.373. The molecule has 2 aromatic carbocycles. The number of nitrogens with zero attached hydrogens (tertiary/aromatic N) is 1. The third-order valence-electron chi connectivity index (χ3n) is 3.39. The number of benzene rings is 2. The summed E-state index contributed by atoms with van der Waals surface area (Å²) in [5.74, 6) is -0.0389. The van der Waals surface area contributed by atoms with E-state index >= 15 is 0 Å². The van der Waals surface area contributed by atoms with Gasteiger partial charge in [-0.3, -0.25) is 0 Å². The van der Waals surface area contributed by atoms with E-state index in [1.807, 2.05) is 48.7 Å². The molecule has 0 saturated carbocycles. The van der Waals surface area contributed by atoms with Crippen LogP contribution in [0.5, 0.6) is 5.75 Å². The Morgan fingerprint density at radius 2 is 1.91 bits per heavy atom. The number of carbonyl (C=O) groups is 1. The van der Waals surface area contributed by atoms with Gasteiger partial charge in [-0.1, -0.05) is 35.9 Å². The van der Waals surface area contributed by atoms with Crippen LogP contribution in [0.2, 0.25) is 0 Å². The van der Waals surface area contributed by atoms with Gasteiger partial charge in [-0.2, -0.15) is 5.26 Å². The molecule has 0 fully saturated rings. The second-order valence-corrected chi connectivity index (χ2v) is 5.97. The van der Waals surface area contributed by atoms with E-state index in [0.29, 0.717) is 16.2 Å². The van der Waals surface area contributed by atoms with Crippen molar-refractivity contribution in [3.63, 3.8) is 0 Å². The molecule has 0 aliphatic heterocycles. The first-order valence-electron chi connectivity index (χ1n) is 7.04.